The average Bonchev–Trinajstić information content (AvgIpc) is 2.71. The maximum absolute atomic E-state index is 5.71. The summed E-state index contributed by atoms with van der Waals surface area (Å²) in [6.45, 7) is 1.89. The number of nitrogens with zero attached hydrogens (tertiary/aromatic N) is 4. The molecule has 0 spiro atoms. The Morgan fingerprint density at radius 2 is 2.06 bits per heavy atom. The third-order valence-electron chi connectivity index (χ3n) is 2.47. The molecule has 3 aromatic heterocycles. The highest BCUT2D eigenvalue weighted by Crippen LogP contribution is 2.16. The van der Waals surface area contributed by atoms with Crippen molar-refractivity contribution in [3.63, 3.8) is 0 Å². The number of rotatable bonds is 1. The zero-order valence-corrected chi connectivity index (χ0v) is 9.33. The summed E-state index contributed by atoms with van der Waals surface area (Å²) in [5, 5.41) is 0. The van der Waals surface area contributed by atoms with Crippen molar-refractivity contribution in [2.75, 3.05) is 5.73 Å². The van der Waals surface area contributed by atoms with Gasteiger partial charge in [-0.3, -0.25) is 0 Å². The molecule has 2 N–H and O–H groups in total. The third kappa shape index (κ3) is 1.71. The van der Waals surface area contributed by atoms with E-state index in [9.17, 15) is 0 Å². The van der Waals surface area contributed by atoms with Crippen molar-refractivity contribution in [3.05, 3.63) is 42.4 Å². The molecule has 0 aliphatic heterocycles. The van der Waals surface area contributed by atoms with Crippen LogP contribution in [0.3, 0.4) is 0 Å². The minimum absolute atomic E-state index is 0.463. The Balaban J connectivity index is 2.20. The molecule has 0 aliphatic rings. The van der Waals surface area contributed by atoms with E-state index in [0.717, 1.165) is 17.0 Å². The summed E-state index contributed by atoms with van der Waals surface area (Å²) in [5.74, 6) is 1.02. The maximum Gasteiger partial charge on any atom is 0.182 e. The van der Waals surface area contributed by atoms with Gasteiger partial charge < -0.3 is 10.1 Å². The van der Waals surface area contributed by atoms with Crippen molar-refractivity contribution < 1.29 is 0 Å². The van der Waals surface area contributed by atoms with Gasteiger partial charge in [-0.1, -0.05) is 6.07 Å². The number of aromatic nitrogens is 4. The van der Waals surface area contributed by atoms with Gasteiger partial charge in [-0.15, -0.1) is 0 Å². The first-order valence-corrected chi connectivity index (χ1v) is 5.28. The smallest absolute Gasteiger partial charge is 0.182 e. The molecule has 3 aromatic rings. The molecule has 0 saturated heterocycles. The van der Waals surface area contributed by atoms with E-state index in [0.29, 0.717) is 11.6 Å². The van der Waals surface area contributed by atoms with Crippen LogP contribution in [0.2, 0.25) is 0 Å². The number of hydrogen-bond donors (Lipinski definition) is 1. The Labute approximate surface area is 98.0 Å². The molecule has 0 radical (unpaired) electrons. The fraction of sp³-hybridized carbons (Fsp3) is 0.0833. The lowest BCUT2D eigenvalue weighted by molar-refractivity contribution is 1.10. The molecule has 0 atom stereocenters. The van der Waals surface area contributed by atoms with E-state index < -0.39 is 0 Å². The SMILES string of the molecule is Cc1cc(N)nc(-c2cn3ccccc3n2)n1. The van der Waals surface area contributed by atoms with Crippen molar-refractivity contribution in [2.24, 2.45) is 0 Å². The second-order valence-electron chi connectivity index (χ2n) is 3.85. The van der Waals surface area contributed by atoms with Crippen molar-refractivity contribution >= 4 is 11.5 Å². The first kappa shape index (κ1) is 9.77. The van der Waals surface area contributed by atoms with E-state index in [1.807, 2.05) is 41.9 Å². The zero-order valence-electron chi connectivity index (χ0n) is 9.33. The first-order chi connectivity index (χ1) is 8.22. The number of fused-ring (bicyclic) bond motifs is 1. The van der Waals surface area contributed by atoms with Crippen LogP contribution in [0.15, 0.2) is 36.7 Å². The summed E-state index contributed by atoms with van der Waals surface area (Å²) in [7, 11) is 0. The number of nitrogen functional groups attached to an aromatic ring is 1. The fourth-order valence-corrected chi connectivity index (χ4v) is 1.75. The second kappa shape index (κ2) is 3.55. The van der Waals surface area contributed by atoms with E-state index in [2.05, 4.69) is 15.0 Å². The van der Waals surface area contributed by atoms with E-state index in [4.69, 9.17) is 5.73 Å². The topological polar surface area (TPSA) is 69.1 Å². The summed E-state index contributed by atoms with van der Waals surface area (Å²) in [6, 6.07) is 7.56. The van der Waals surface area contributed by atoms with Crippen LogP contribution in [0.4, 0.5) is 5.82 Å². The van der Waals surface area contributed by atoms with E-state index in [1.165, 1.54) is 0 Å². The molecule has 5 heteroatoms. The predicted molar refractivity (Wildman–Crippen MR) is 65.4 cm³/mol. The van der Waals surface area contributed by atoms with Crippen molar-refractivity contribution in [3.8, 4) is 11.5 Å². The van der Waals surface area contributed by atoms with Crippen LogP contribution in [0.1, 0.15) is 5.69 Å². The van der Waals surface area contributed by atoms with Gasteiger partial charge in [0.05, 0.1) is 0 Å². The Hall–Kier alpha value is -2.43. The second-order valence-corrected chi connectivity index (χ2v) is 3.85. The molecule has 0 amide bonds. The highest BCUT2D eigenvalue weighted by molar-refractivity contribution is 5.57. The Bertz CT molecular complexity index is 633. The molecule has 3 heterocycles. The number of imidazole rings is 1. The minimum atomic E-state index is 0.463. The van der Waals surface area contributed by atoms with Crippen LogP contribution in [0.5, 0.6) is 0 Å². The summed E-state index contributed by atoms with van der Waals surface area (Å²) in [6.07, 6.45) is 3.83. The van der Waals surface area contributed by atoms with Gasteiger partial charge in [0.2, 0.25) is 0 Å². The molecule has 0 aromatic carbocycles. The third-order valence-corrected chi connectivity index (χ3v) is 2.47. The summed E-state index contributed by atoms with van der Waals surface area (Å²) >= 11 is 0. The Morgan fingerprint density at radius 1 is 1.18 bits per heavy atom. The van der Waals surface area contributed by atoms with Gasteiger partial charge in [0.25, 0.3) is 0 Å². The molecule has 5 nitrogen and oxygen atoms in total. The zero-order chi connectivity index (χ0) is 11.8. The number of pyridine rings is 1. The molecular formula is C12H11N5. The van der Waals surface area contributed by atoms with Gasteiger partial charge in [-0.05, 0) is 19.1 Å². The van der Waals surface area contributed by atoms with Crippen LogP contribution < -0.4 is 5.73 Å². The van der Waals surface area contributed by atoms with Crippen molar-refractivity contribution in [1.82, 2.24) is 19.4 Å². The monoisotopic (exact) mass is 225 g/mol. The normalized spacial score (nSPS) is 10.9. The summed E-state index contributed by atoms with van der Waals surface area (Å²) < 4.78 is 1.93. The molecule has 17 heavy (non-hydrogen) atoms. The van der Waals surface area contributed by atoms with Gasteiger partial charge in [0, 0.05) is 24.2 Å². The molecule has 0 aliphatic carbocycles. The van der Waals surface area contributed by atoms with Crippen LogP contribution in [-0.2, 0) is 0 Å². The Kier molecular flexibility index (Phi) is 2.04. The van der Waals surface area contributed by atoms with Gasteiger partial charge >= 0.3 is 0 Å². The van der Waals surface area contributed by atoms with Crippen LogP contribution in [-0.4, -0.2) is 19.4 Å². The predicted octanol–water partition coefficient (Wildman–Crippen LogP) is 1.68. The summed E-state index contributed by atoms with van der Waals surface area (Å²) in [4.78, 5) is 13.0. The van der Waals surface area contributed by atoms with Gasteiger partial charge in [0.1, 0.15) is 17.2 Å². The van der Waals surface area contributed by atoms with Crippen LogP contribution in [0, 0.1) is 6.92 Å². The van der Waals surface area contributed by atoms with Gasteiger partial charge in [-0.2, -0.15) is 0 Å². The maximum atomic E-state index is 5.71. The Morgan fingerprint density at radius 3 is 2.82 bits per heavy atom. The van der Waals surface area contributed by atoms with Gasteiger partial charge in [0.15, 0.2) is 5.82 Å². The highest BCUT2D eigenvalue weighted by Gasteiger charge is 2.07. The molecule has 0 bridgehead atoms. The van der Waals surface area contributed by atoms with Crippen molar-refractivity contribution in [2.45, 2.75) is 6.92 Å². The molecule has 0 unspecified atom stereocenters. The first-order valence-electron chi connectivity index (χ1n) is 5.28. The number of anilines is 1. The molecular weight excluding hydrogens is 214 g/mol. The highest BCUT2D eigenvalue weighted by atomic mass is 15.0. The fourth-order valence-electron chi connectivity index (χ4n) is 1.75. The number of aryl methyl sites for hydroxylation is 1. The number of hydrogen-bond acceptors (Lipinski definition) is 4. The number of nitrogens with two attached hydrogens (primary N) is 1. The molecule has 0 fully saturated rings. The standard InChI is InChI=1S/C12H11N5/c1-8-6-10(13)16-12(14-8)9-7-17-5-3-2-4-11(17)15-9/h2-7H,1H3,(H2,13,14,16). The molecule has 84 valence electrons. The molecule has 3 rings (SSSR count). The minimum Gasteiger partial charge on any atom is -0.384 e. The largest absolute Gasteiger partial charge is 0.384 e. The van der Waals surface area contributed by atoms with Crippen molar-refractivity contribution in [1.29, 1.82) is 0 Å². The lowest BCUT2D eigenvalue weighted by atomic mass is 10.4. The van der Waals surface area contributed by atoms with Crippen LogP contribution >= 0.6 is 0 Å². The van der Waals surface area contributed by atoms with E-state index in [-0.39, 0.29) is 0 Å². The van der Waals surface area contributed by atoms with Gasteiger partial charge in [-0.25, -0.2) is 15.0 Å². The average molecular weight is 225 g/mol. The van der Waals surface area contributed by atoms with E-state index >= 15 is 0 Å². The lowest BCUT2D eigenvalue weighted by Gasteiger charge is -1.98. The lowest BCUT2D eigenvalue weighted by Crippen LogP contribution is -1.97. The van der Waals surface area contributed by atoms with Crippen LogP contribution in [0.25, 0.3) is 17.2 Å². The quantitative estimate of drug-likeness (QED) is 0.684. The summed E-state index contributed by atoms with van der Waals surface area (Å²) in [5.41, 5.74) is 8.14. The van der Waals surface area contributed by atoms with E-state index in [1.54, 1.807) is 6.07 Å². The molecule has 0 saturated carbocycles.